The molecule has 4 nitrogen and oxygen atoms in total. The van der Waals surface area contributed by atoms with Gasteiger partial charge in [0.2, 0.25) is 0 Å². The predicted molar refractivity (Wildman–Crippen MR) is 78.7 cm³/mol. The summed E-state index contributed by atoms with van der Waals surface area (Å²) >= 11 is 0. The van der Waals surface area contributed by atoms with Crippen LogP contribution in [-0.2, 0) is 0 Å². The Hall–Kier alpha value is -0.160. The molecule has 0 amide bonds. The summed E-state index contributed by atoms with van der Waals surface area (Å²) in [6.45, 7) is 7.38. The molecule has 4 heteroatoms. The molecule has 18 heavy (non-hydrogen) atoms. The Labute approximate surface area is 113 Å². The van der Waals surface area contributed by atoms with E-state index in [9.17, 15) is 0 Å². The van der Waals surface area contributed by atoms with Crippen molar-refractivity contribution in [1.29, 1.82) is 0 Å². The minimum absolute atomic E-state index is 0.133. The van der Waals surface area contributed by atoms with Crippen LogP contribution >= 0.6 is 0 Å². The predicted octanol–water partition coefficient (Wildman–Crippen LogP) is 1.03. The van der Waals surface area contributed by atoms with Gasteiger partial charge >= 0.3 is 0 Å². The number of nitrogens with two attached hydrogens (primary N) is 1. The lowest BCUT2D eigenvalue weighted by Crippen LogP contribution is -2.67. The Morgan fingerprint density at radius 2 is 1.72 bits per heavy atom. The third kappa shape index (κ3) is 4.19. The molecule has 0 spiro atoms. The first-order valence-corrected chi connectivity index (χ1v) is 7.32. The molecule has 1 heterocycles. The van der Waals surface area contributed by atoms with Gasteiger partial charge in [-0.2, -0.15) is 0 Å². The summed E-state index contributed by atoms with van der Waals surface area (Å²) < 4.78 is 0. The van der Waals surface area contributed by atoms with Crippen molar-refractivity contribution >= 4 is 0 Å². The maximum absolute atomic E-state index is 6.10. The number of unbranched alkanes of at least 4 members (excludes halogenated alkanes) is 3. The van der Waals surface area contributed by atoms with E-state index in [1.54, 1.807) is 0 Å². The topological polar surface area (TPSA) is 35.7 Å². The van der Waals surface area contributed by atoms with E-state index in [0.717, 1.165) is 26.3 Å². The van der Waals surface area contributed by atoms with Gasteiger partial charge in [-0.25, -0.2) is 0 Å². The number of hydrogen-bond acceptors (Lipinski definition) is 4. The fourth-order valence-corrected chi connectivity index (χ4v) is 3.11. The number of nitrogens with zero attached hydrogens (tertiary/aromatic N) is 3. The van der Waals surface area contributed by atoms with E-state index in [-0.39, 0.29) is 5.54 Å². The lowest BCUT2D eigenvalue weighted by molar-refractivity contribution is -0.0125. The highest BCUT2D eigenvalue weighted by atomic mass is 15.4. The smallest absolute Gasteiger partial charge is 0.0584 e. The fourth-order valence-electron chi connectivity index (χ4n) is 3.11. The maximum atomic E-state index is 6.10. The van der Waals surface area contributed by atoms with Crippen molar-refractivity contribution < 1.29 is 0 Å². The van der Waals surface area contributed by atoms with Crippen LogP contribution in [0.5, 0.6) is 0 Å². The van der Waals surface area contributed by atoms with E-state index < -0.39 is 0 Å². The lowest BCUT2D eigenvalue weighted by Gasteiger charge is -2.50. The first-order chi connectivity index (χ1) is 8.54. The minimum atomic E-state index is 0.133. The van der Waals surface area contributed by atoms with Gasteiger partial charge in [0, 0.05) is 19.6 Å². The first-order valence-electron chi connectivity index (χ1n) is 7.32. The molecule has 1 aliphatic rings. The van der Waals surface area contributed by atoms with Crippen LogP contribution in [0.4, 0.5) is 0 Å². The van der Waals surface area contributed by atoms with E-state index in [4.69, 9.17) is 5.73 Å². The molecular formula is C14H32N4. The fraction of sp³-hybridized carbons (Fsp3) is 1.00. The molecule has 0 atom stereocenters. The summed E-state index contributed by atoms with van der Waals surface area (Å²) in [7, 11) is 6.61. The zero-order valence-electron chi connectivity index (χ0n) is 12.8. The molecule has 0 unspecified atom stereocenters. The molecule has 0 aromatic heterocycles. The van der Waals surface area contributed by atoms with Gasteiger partial charge < -0.3 is 5.73 Å². The Morgan fingerprint density at radius 3 is 2.22 bits per heavy atom. The van der Waals surface area contributed by atoms with Gasteiger partial charge in [-0.3, -0.25) is 14.7 Å². The molecule has 1 aliphatic heterocycles. The average Bonchev–Trinajstić information content (AvgIpc) is 2.33. The van der Waals surface area contributed by atoms with E-state index in [2.05, 4.69) is 42.8 Å². The molecular weight excluding hydrogens is 224 g/mol. The summed E-state index contributed by atoms with van der Waals surface area (Å²) in [5, 5.41) is 0. The van der Waals surface area contributed by atoms with Crippen LogP contribution in [-0.4, -0.2) is 74.2 Å². The van der Waals surface area contributed by atoms with Crippen LogP contribution in [0.15, 0.2) is 0 Å². The average molecular weight is 256 g/mol. The van der Waals surface area contributed by atoms with Crippen molar-refractivity contribution in [1.82, 2.24) is 14.7 Å². The summed E-state index contributed by atoms with van der Waals surface area (Å²) in [6, 6.07) is 0. The normalized spacial score (nSPS) is 21.7. The quantitative estimate of drug-likeness (QED) is 0.690. The third-order valence-electron chi connectivity index (χ3n) is 4.15. The van der Waals surface area contributed by atoms with E-state index in [1.807, 2.05) is 0 Å². The van der Waals surface area contributed by atoms with Gasteiger partial charge in [0.15, 0.2) is 0 Å². The van der Waals surface area contributed by atoms with E-state index in [0.29, 0.717) is 0 Å². The highest BCUT2D eigenvalue weighted by molar-refractivity contribution is 4.97. The Balaban J connectivity index is 2.51. The molecule has 1 saturated heterocycles. The monoisotopic (exact) mass is 256 g/mol. The standard InChI is InChI=1S/C14H32N4/c1-5-6-7-8-9-18(4)14(10-15)11-16(2)13-17(3)12-14/h5-13,15H2,1-4H3. The number of likely N-dealkylation sites (N-methyl/N-ethyl adjacent to an activating group) is 3. The van der Waals surface area contributed by atoms with E-state index >= 15 is 0 Å². The molecule has 1 fully saturated rings. The summed E-state index contributed by atoms with van der Waals surface area (Å²) in [5.41, 5.74) is 6.23. The maximum Gasteiger partial charge on any atom is 0.0584 e. The summed E-state index contributed by atoms with van der Waals surface area (Å²) in [6.07, 6.45) is 5.28. The molecule has 0 aliphatic carbocycles. The second kappa shape index (κ2) is 7.43. The van der Waals surface area contributed by atoms with Crippen LogP contribution in [0.25, 0.3) is 0 Å². The van der Waals surface area contributed by atoms with Gasteiger partial charge in [0.05, 0.1) is 12.2 Å². The van der Waals surface area contributed by atoms with Crippen molar-refractivity contribution in [2.24, 2.45) is 5.73 Å². The molecule has 0 saturated carbocycles. The Kier molecular flexibility index (Phi) is 6.57. The van der Waals surface area contributed by atoms with Crippen molar-refractivity contribution in [2.45, 2.75) is 38.1 Å². The van der Waals surface area contributed by atoms with E-state index in [1.165, 1.54) is 32.2 Å². The van der Waals surface area contributed by atoms with Crippen LogP contribution < -0.4 is 5.73 Å². The second-order valence-corrected chi connectivity index (χ2v) is 6.08. The highest BCUT2D eigenvalue weighted by Crippen LogP contribution is 2.20. The van der Waals surface area contributed by atoms with Crippen molar-refractivity contribution in [2.75, 3.05) is 54.0 Å². The van der Waals surface area contributed by atoms with Crippen molar-refractivity contribution in [3.63, 3.8) is 0 Å². The lowest BCUT2D eigenvalue weighted by atomic mass is 9.94. The Bertz CT molecular complexity index is 222. The molecule has 108 valence electrons. The van der Waals surface area contributed by atoms with Gasteiger partial charge in [0.25, 0.3) is 0 Å². The van der Waals surface area contributed by atoms with Gasteiger partial charge in [-0.05, 0) is 34.1 Å². The summed E-state index contributed by atoms with van der Waals surface area (Å²) in [5.74, 6) is 0. The molecule has 0 aromatic rings. The van der Waals surface area contributed by atoms with Crippen LogP contribution in [0, 0.1) is 0 Å². The second-order valence-electron chi connectivity index (χ2n) is 6.08. The van der Waals surface area contributed by atoms with Gasteiger partial charge in [-0.15, -0.1) is 0 Å². The first kappa shape index (κ1) is 15.9. The minimum Gasteiger partial charge on any atom is -0.329 e. The van der Waals surface area contributed by atoms with Crippen LogP contribution in [0.1, 0.15) is 32.6 Å². The van der Waals surface area contributed by atoms with Gasteiger partial charge in [-0.1, -0.05) is 26.2 Å². The number of hydrogen-bond donors (Lipinski definition) is 1. The summed E-state index contributed by atoms with van der Waals surface area (Å²) in [4.78, 5) is 7.24. The molecule has 0 aromatic carbocycles. The van der Waals surface area contributed by atoms with Crippen LogP contribution in [0.2, 0.25) is 0 Å². The third-order valence-corrected chi connectivity index (χ3v) is 4.15. The molecule has 0 radical (unpaired) electrons. The molecule has 2 N–H and O–H groups in total. The SMILES string of the molecule is CCCCCCN(C)C1(CN)CN(C)CN(C)C1. The van der Waals surface area contributed by atoms with Crippen LogP contribution in [0.3, 0.4) is 0 Å². The Morgan fingerprint density at radius 1 is 1.11 bits per heavy atom. The van der Waals surface area contributed by atoms with Gasteiger partial charge in [0.1, 0.15) is 0 Å². The largest absolute Gasteiger partial charge is 0.329 e. The van der Waals surface area contributed by atoms with Crippen molar-refractivity contribution in [3.05, 3.63) is 0 Å². The number of rotatable bonds is 7. The molecule has 0 bridgehead atoms. The van der Waals surface area contributed by atoms with Crippen molar-refractivity contribution in [3.8, 4) is 0 Å². The zero-order chi connectivity index (χ0) is 13.6. The molecule has 1 rings (SSSR count). The zero-order valence-corrected chi connectivity index (χ0v) is 12.8. The highest BCUT2D eigenvalue weighted by Gasteiger charge is 2.38.